The maximum Gasteiger partial charge on any atom is 0.410 e. The van der Waals surface area contributed by atoms with Crippen LogP contribution in [0, 0.1) is 0 Å². The van der Waals surface area contributed by atoms with Gasteiger partial charge < -0.3 is 15.0 Å². The molecule has 7 nitrogen and oxygen atoms in total. The first-order valence-corrected chi connectivity index (χ1v) is 9.06. The third-order valence-corrected chi connectivity index (χ3v) is 4.46. The maximum absolute atomic E-state index is 12.5. The van der Waals surface area contributed by atoms with Gasteiger partial charge in [-0.2, -0.15) is 5.10 Å². The summed E-state index contributed by atoms with van der Waals surface area (Å²) in [6.07, 6.45) is 2.69. The lowest BCUT2D eigenvalue weighted by molar-refractivity contribution is 0.0114. The normalized spacial score (nSPS) is 18.0. The molecule has 0 saturated carbocycles. The number of anilines is 1. The molecule has 2 aromatic rings. The second-order valence-electron chi connectivity index (χ2n) is 7.65. The number of amides is 1. The summed E-state index contributed by atoms with van der Waals surface area (Å²) >= 11 is 0. The average molecular weight is 358 g/mol. The van der Waals surface area contributed by atoms with Gasteiger partial charge in [-0.3, -0.25) is 4.79 Å². The lowest BCUT2D eigenvalue weighted by Crippen LogP contribution is -2.49. The number of likely N-dealkylation sites (tertiary alicyclic amines) is 1. The first-order valence-electron chi connectivity index (χ1n) is 9.06. The number of fused-ring (bicyclic) bond motifs is 1. The molecular weight excluding hydrogens is 332 g/mol. The third kappa shape index (κ3) is 4.15. The number of carbonyl (C=O) groups is 1. The van der Waals surface area contributed by atoms with Gasteiger partial charge in [0.25, 0.3) is 5.56 Å². The van der Waals surface area contributed by atoms with Crippen LogP contribution in [0.5, 0.6) is 0 Å². The van der Waals surface area contributed by atoms with Gasteiger partial charge in [0.2, 0.25) is 0 Å². The van der Waals surface area contributed by atoms with E-state index in [-0.39, 0.29) is 17.7 Å². The van der Waals surface area contributed by atoms with Crippen molar-refractivity contribution in [2.75, 3.05) is 18.4 Å². The van der Waals surface area contributed by atoms with E-state index in [4.69, 9.17) is 4.74 Å². The molecule has 1 atom stereocenters. The van der Waals surface area contributed by atoms with E-state index in [9.17, 15) is 9.59 Å². The number of nitrogens with one attached hydrogen (secondary N) is 2. The van der Waals surface area contributed by atoms with Crippen molar-refractivity contribution in [1.29, 1.82) is 0 Å². The van der Waals surface area contributed by atoms with Gasteiger partial charge in [0.1, 0.15) is 5.60 Å². The number of aromatic nitrogens is 2. The summed E-state index contributed by atoms with van der Waals surface area (Å²) in [5.41, 5.74) is -0.720. The number of carbonyl (C=O) groups excluding carboxylic acids is 1. The maximum atomic E-state index is 12.5. The molecule has 1 aromatic heterocycles. The molecule has 0 radical (unpaired) electrons. The number of rotatable bonds is 3. The Hall–Kier alpha value is -2.57. The molecule has 1 aliphatic rings. The van der Waals surface area contributed by atoms with Crippen molar-refractivity contribution < 1.29 is 9.53 Å². The van der Waals surface area contributed by atoms with Crippen molar-refractivity contribution >= 4 is 22.7 Å². The van der Waals surface area contributed by atoms with Gasteiger partial charge in [-0.25, -0.2) is 9.89 Å². The average Bonchev–Trinajstić information content (AvgIpc) is 2.60. The highest BCUT2D eigenvalue weighted by Crippen LogP contribution is 2.22. The van der Waals surface area contributed by atoms with E-state index in [1.54, 1.807) is 11.0 Å². The van der Waals surface area contributed by atoms with Crippen LogP contribution in [-0.2, 0) is 4.74 Å². The first-order chi connectivity index (χ1) is 12.3. The minimum atomic E-state index is -0.511. The zero-order chi connectivity index (χ0) is 18.7. The Morgan fingerprint density at radius 1 is 1.31 bits per heavy atom. The van der Waals surface area contributed by atoms with Gasteiger partial charge in [-0.1, -0.05) is 18.2 Å². The molecule has 3 rings (SSSR count). The fraction of sp³-hybridized carbons (Fsp3) is 0.526. The van der Waals surface area contributed by atoms with Crippen LogP contribution in [0.15, 0.2) is 29.1 Å². The van der Waals surface area contributed by atoms with Crippen molar-refractivity contribution in [3.8, 4) is 0 Å². The molecule has 0 bridgehead atoms. The molecule has 1 unspecified atom stereocenters. The van der Waals surface area contributed by atoms with Crippen LogP contribution in [0.1, 0.15) is 40.0 Å². The Balaban J connectivity index is 1.74. The van der Waals surface area contributed by atoms with E-state index in [1.165, 1.54) is 0 Å². The molecule has 1 saturated heterocycles. The summed E-state index contributed by atoms with van der Waals surface area (Å²) < 4.78 is 5.54. The van der Waals surface area contributed by atoms with E-state index >= 15 is 0 Å². The van der Waals surface area contributed by atoms with Crippen LogP contribution in [0.4, 0.5) is 10.6 Å². The lowest BCUT2D eigenvalue weighted by atomic mass is 10.0. The topological polar surface area (TPSA) is 87.3 Å². The van der Waals surface area contributed by atoms with E-state index in [0.29, 0.717) is 24.3 Å². The van der Waals surface area contributed by atoms with Crippen LogP contribution in [0.25, 0.3) is 10.8 Å². The van der Waals surface area contributed by atoms with Crippen LogP contribution in [-0.4, -0.2) is 45.9 Å². The van der Waals surface area contributed by atoms with Crippen LogP contribution in [0.3, 0.4) is 0 Å². The Kier molecular flexibility index (Phi) is 5.15. The largest absolute Gasteiger partial charge is 0.444 e. The molecule has 7 heteroatoms. The van der Waals surface area contributed by atoms with Crippen LogP contribution in [0.2, 0.25) is 0 Å². The van der Waals surface area contributed by atoms with Crippen molar-refractivity contribution in [2.45, 2.75) is 51.7 Å². The second-order valence-corrected chi connectivity index (χ2v) is 7.65. The monoisotopic (exact) mass is 358 g/mol. The van der Waals surface area contributed by atoms with E-state index in [0.717, 1.165) is 24.6 Å². The standard InChI is InChI=1S/C19H26N4O3/c1-19(2,3)26-18(25)23-11-7-6-8-13(23)12-20-16-14-9-4-5-10-15(14)17(24)22-21-16/h4-5,9-10,13H,6-8,11-12H2,1-3H3,(H,20,21)(H,22,24). The number of piperidine rings is 1. The number of H-pyrrole nitrogens is 1. The lowest BCUT2D eigenvalue weighted by Gasteiger charge is -2.36. The molecule has 26 heavy (non-hydrogen) atoms. The van der Waals surface area contributed by atoms with Crippen molar-refractivity contribution in [1.82, 2.24) is 15.1 Å². The first kappa shape index (κ1) is 18.2. The molecule has 0 spiro atoms. The van der Waals surface area contributed by atoms with E-state index in [2.05, 4.69) is 15.5 Å². The van der Waals surface area contributed by atoms with Crippen LogP contribution >= 0.6 is 0 Å². The van der Waals surface area contributed by atoms with E-state index < -0.39 is 5.60 Å². The summed E-state index contributed by atoms with van der Waals surface area (Å²) in [7, 11) is 0. The molecule has 1 aromatic carbocycles. The van der Waals surface area contributed by atoms with Crippen LogP contribution < -0.4 is 10.9 Å². The summed E-state index contributed by atoms with van der Waals surface area (Å²) in [4.78, 5) is 26.2. The van der Waals surface area contributed by atoms with Crippen molar-refractivity contribution in [3.05, 3.63) is 34.6 Å². The minimum absolute atomic E-state index is 0.0334. The number of hydrogen-bond donors (Lipinski definition) is 2. The molecule has 0 aliphatic carbocycles. The predicted molar refractivity (Wildman–Crippen MR) is 101 cm³/mol. The van der Waals surface area contributed by atoms with Gasteiger partial charge in [-0.05, 0) is 46.1 Å². The highest BCUT2D eigenvalue weighted by Gasteiger charge is 2.30. The molecule has 1 fully saturated rings. The van der Waals surface area contributed by atoms with Gasteiger partial charge in [0, 0.05) is 18.5 Å². The predicted octanol–water partition coefficient (Wildman–Crippen LogP) is 3.12. The minimum Gasteiger partial charge on any atom is -0.444 e. The molecule has 2 N–H and O–H groups in total. The zero-order valence-electron chi connectivity index (χ0n) is 15.5. The number of nitrogens with zero attached hydrogens (tertiary/aromatic N) is 2. The highest BCUT2D eigenvalue weighted by molar-refractivity contribution is 5.90. The summed E-state index contributed by atoms with van der Waals surface area (Å²) in [5.74, 6) is 0.620. The fourth-order valence-electron chi connectivity index (χ4n) is 3.24. The molecular formula is C19H26N4O3. The summed E-state index contributed by atoms with van der Waals surface area (Å²) in [6.45, 7) is 6.87. The number of ether oxygens (including phenoxy) is 1. The Bertz CT molecular complexity index is 841. The van der Waals surface area contributed by atoms with Gasteiger partial charge in [0.05, 0.1) is 11.4 Å². The summed E-state index contributed by atoms with van der Waals surface area (Å²) in [6, 6.07) is 7.38. The number of aromatic amines is 1. The third-order valence-electron chi connectivity index (χ3n) is 4.46. The Labute approximate surface area is 152 Å². The summed E-state index contributed by atoms with van der Waals surface area (Å²) in [5, 5.41) is 11.3. The molecule has 1 amide bonds. The fourth-order valence-corrected chi connectivity index (χ4v) is 3.24. The Morgan fingerprint density at radius 2 is 2.04 bits per heavy atom. The SMILES string of the molecule is CC(C)(C)OC(=O)N1CCCCC1CNc1n[nH]c(=O)c2ccccc12. The molecule has 1 aliphatic heterocycles. The zero-order valence-corrected chi connectivity index (χ0v) is 15.5. The highest BCUT2D eigenvalue weighted by atomic mass is 16.6. The van der Waals surface area contributed by atoms with Gasteiger partial charge in [-0.15, -0.1) is 0 Å². The van der Waals surface area contributed by atoms with Gasteiger partial charge >= 0.3 is 6.09 Å². The Morgan fingerprint density at radius 3 is 2.77 bits per heavy atom. The van der Waals surface area contributed by atoms with Gasteiger partial charge in [0.15, 0.2) is 5.82 Å². The van der Waals surface area contributed by atoms with Crippen molar-refractivity contribution in [2.24, 2.45) is 0 Å². The number of hydrogen-bond acceptors (Lipinski definition) is 5. The smallest absolute Gasteiger partial charge is 0.410 e. The molecule has 140 valence electrons. The quantitative estimate of drug-likeness (QED) is 0.880. The van der Waals surface area contributed by atoms with E-state index in [1.807, 2.05) is 39.0 Å². The van der Waals surface area contributed by atoms with Crippen molar-refractivity contribution in [3.63, 3.8) is 0 Å². The second kappa shape index (κ2) is 7.35. The molecule has 2 heterocycles. The number of benzene rings is 1.